The van der Waals surface area contributed by atoms with Gasteiger partial charge in [0.05, 0.1) is 11.6 Å². The molecule has 2 atom stereocenters. The molecule has 0 saturated carbocycles. The Balaban J connectivity index is 2.25. The number of carbonyl (C=O) groups is 1. The molecule has 5 N–H and O–H groups in total. The minimum absolute atomic E-state index is 0.0143. The number of fused-ring (bicyclic) bond motifs is 1. The molecule has 32 heavy (non-hydrogen) atoms. The van der Waals surface area contributed by atoms with Gasteiger partial charge in [0.1, 0.15) is 10.9 Å². The van der Waals surface area contributed by atoms with Crippen molar-refractivity contribution in [3.63, 3.8) is 0 Å². The first-order chi connectivity index (χ1) is 15.0. The minimum atomic E-state index is -3.78. The fraction of sp³-hybridized carbons (Fsp3) is 0.478. The molecule has 0 saturated heterocycles. The quantitative estimate of drug-likeness (QED) is 0.300. The molecule has 2 aromatic rings. The average molecular weight is 460 g/mol. The van der Waals surface area contributed by atoms with Crippen LogP contribution in [0.2, 0.25) is 0 Å². The highest BCUT2D eigenvalue weighted by atomic mass is 32.2. The van der Waals surface area contributed by atoms with Gasteiger partial charge in [0, 0.05) is 35.5 Å². The molecule has 1 aromatic heterocycles. The van der Waals surface area contributed by atoms with Crippen LogP contribution in [0, 0.1) is 28.1 Å². The molecular formula is C23H33N5O3S. The van der Waals surface area contributed by atoms with Gasteiger partial charge in [-0.2, -0.15) is 0 Å². The molecule has 0 spiro atoms. The summed E-state index contributed by atoms with van der Waals surface area (Å²) in [6.07, 6.45) is 2.89. The van der Waals surface area contributed by atoms with Gasteiger partial charge in [-0.05, 0) is 50.1 Å². The van der Waals surface area contributed by atoms with E-state index in [2.05, 4.69) is 10.6 Å². The van der Waals surface area contributed by atoms with E-state index in [1.165, 1.54) is 0 Å². The summed E-state index contributed by atoms with van der Waals surface area (Å²) >= 11 is 0. The van der Waals surface area contributed by atoms with Crippen molar-refractivity contribution >= 4 is 43.1 Å². The number of Topliss-reactive ketones (excluding diaryl/α,β-unsaturated/α-hetero) is 1. The van der Waals surface area contributed by atoms with Crippen molar-refractivity contribution in [1.82, 2.24) is 4.57 Å². The van der Waals surface area contributed by atoms with Gasteiger partial charge in [-0.15, -0.1) is 0 Å². The van der Waals surface area contributed by atoms with Crippen molar-refractivity contribution in [2.24, 2.45) is 17.6 Å². The van der Waals surface area contributed by atoms with E-state index in [4.69, 9.17) is 22.0 Å². The lowest BCUT2D eigenvalue weighted by atomic mass is 9.86. The number of ketones is 1. The third kappa shape index (κ3) is 5.32. The number of sulfone groups is 1. The predicted molar refractivity (Wildman–Crippen MR) is 130 cm³/mol. The van der Waals surface area contributed by atoms with Gasteiger partial charge in [-0.25, -0.2) is 8.42 Å². The molecule has 8 nitrogen and oxygen atoms in total. The smallest absolute Gasteiger partial charge is 0.188 e. The first-order valence-corrected chi connectivity index (χ1v) is 12.7. The van der Waals surface area contributed by atoms with Crippen molar-refractivity contribution in [1.29, 1.82) is 16.2 Å². The second-order valence-corrected chi connectivity index (χ2v) is 10.1. The largest absolute Gasteiger partial charge is 0.384 e. The number of amidine groups is 1. The lowest BCUT2D eigenvalue weighted by Gasteiger charge is -2.20. The van der Waals surface area contributed by atoms with Crippen molar-refractivity contribution < 1.29 is 13.2 Å². The summed E-state index contributed by atoms with van der Waals surface area (Å²) in [4.78, 5) is 12.9. The van der Waals surface area contributed by atoms with E-state index >= 15 is 0 Å². The molecule has 1 aromatic carbocycles. The summed E-state index contributed by atoms with van der Waals surface area (Å²) in [5.74, 6) is -1.98. The summed E-state index contributed by atoms with van der Waals surface area (Å²) in [6, 6.07) is 7.73. The maximum absolute atomic E-state index is 12.9. The highest BCUT2D eigenvalue weighted by Gasteiger charge is 2.33. The van der Waals surface area contributed by atoms with Crippen LogP contribution in [0.1, 0.15) is 51.3 Å². The van der Waals surface area contributed by atoms with Gasteiger partial charge in [0.2, 0.25) is 0 Å². The first-order valence-electron chi connectivity index (χ1n) is 10.8. The second kappa shape index (κ2) is 10.2. The molecule has 0 unspecified atom stereocenters. The molecule has 0 fully saturated rings. The van der Waals surface area contributed by atoms with Crippen LogP contribution in [0.3, 0.4) is 0 Å². The molecule has 0 aliphatic carbocycles. The third-order valence-corrected chi connectivity index (χ3v) is 7.06. The summed E-state index contributed by atoms with van der Waals surface area (Å²) < 4.78 is 25.7. The van der Waals surface area contributed by atoms with Gasteiger partial charge in [0.25, 0.3) is 0 Å². The van der Waals surface area contributed by atoms with E-state index in [1.54, 1.807) is 6.92 Å². The van der Waals surface area contributed by atoms with Crippen LogP contribution in [-0.2, 0) is 27.6 Å². The number of nitrogens with zero attached hydrogens (tertiary/aromatic N) is 1. The summed E-state index contributed by atoms with van der Waals surface area (Å²) in [7, 11) is -3.78. The van der Waals surface area contributed by atoms with E-state index in [-0.39, 0.29) is 23.9 Å². The maximum atomic E-state index is 12.9. The van der Waals surface area contributed by atoms with Gasteiger partial charge in [-0.3, -0.25) is 15.6 Å². The zero-order valence-corrected chi connectivity index (χ0v) is 20.0. The Bertz CT molecular complexity index is 1160. The highest BCUT2D eigenvalue weighted by molar-refractivity contribution is 8.05. The normalized spacial score (nSPS) is 13.6. The van der Waals surface area contributed by atoms with Crippen LogP contribution in [0.4, 0.5) is 0 Å². The lowest BCUT2D eigenvalue weighted by Crippen LogP contribution is -2.36. The molecule has 9 heteroatoms. The minimum Gasteiger partial charge on any atom is -0.384 e. The lowest BCUT2D eigenvalue weighted by molar-refractivity contribution is -0.115. The maximum Gasteiger partial charge on any atom is 0.188 e. The summed E-state index contributed by atoms with van der Waals surface area (Å²) in [5.41, 5.74) is 8.24. The molecule has 0 aliphatic rings. The van der Waals surface area contributed by atoms with Gasteiger partial charge in [0.15, 0.2) is 15.6 Å². The van der Waals surface area contributed by atoms with E-state index in [9.17, 15) is 13.2 Å². The first kappa shape index (κ1) is 25.5. The van der Waals surface area contributed by atoms with Crippen LogP contribution < -0.4 is 5.73 Å². The van der Waals surface area contributed by atoms with E-state index < -0.39 is 26.6 Å². The van der Waals surface area contributed by atoms with Gasteiger partial charge < -0.3 is 15.7 Å². The van der Waals surface area contributed by atoms with Gasteiger partial charge in [-0.1, -0.05) is 26.0 Å². The Labute approximate surface area is 189 Å². The molecule has 0 radical (unpaired) electrons. The predicted octanol–water partition coefficient (Wildman–Crippen LogP) is 3.54. The zero-order valence-electron chi connectivity index (χ0n) is 19.2. The topological polar surface area (TPSA) is 154 Å². The fourth-order valence-electron chi connectivity index (χ4n) is 4.07. The number of aryl methyl sites for hydroxylation is 2. The van der Waals surface area contributed by atoms with Crippen LogP contribution in [0.25, 0.3) is 10.9 Å². The fourth-order valence-corrected chi connectivity index (χ4v) is 4.86. The monoisotopic (exact) mass is 459 g/mol. The zero-order chi connectivity index (χ0) is 24.2. The third-order valence-electron chi connectivity index (χ3n) is 5.97. The number of nitrogens with one attached hydrogen (secondary N) is 3. The Morgan fingerprint density at radius 1 is 1.09 bits per heavy atom. The summed E-state index contributed by atoms with van der Waals surface area (Å²) in [6.45, 7) is 6.33. The van der Waals surface area contributed by atoms with E-state index in [0.29, 0.717) is 24.8 Å². The average Bonchev–Trinajstić information content (AvgIpc) is 3.10. The number of nitrogen functional groups attached to an aromatic ring is 1. The van der Waals surface area contributed by atoms with E-state index in [0.717, 1.165) is 29.4 Å². The number of benzene rings is 1. The van der Waals surface area contributed by atoms with E-state index in [1.807, 2.05) is 32.0 Å². The number of nitrogens with two attached hydrogens (primary N) is 1. The second-order valence-electron chi connectivity index (χ2n) is 8.09. The molecule has 2 rings (SSSR count). The highest BCUT2D eigenvalue weighted by Crippen LogP contribution is 2.25. The van der Waals surface area contributed by atoms with Crippen LogP contribution >= 0.6 is 0 Å². The number of hydrogen-bond acceptors (Lipinski definition) is 6. The van der Waals surface area contributed by atoms with Gasteiger partial charge >= 0.3 is 0 Å². The van der Waals surface area contributed by atoms with Crippen molar-refractivity contribution in [3.8, 4) is 0 Å². The SMILES string of the molecule is CC[C@@H](CCc1cc2ccc(C(=N)N)cc2n1CC)C(=N)C(=O)[C@@H](CC)C(=N)S(C)(=O)=O. The molecular weight excluding hydrogens is 426 g/mol. The van der Waals surface area contributed by atoms with Crippen molar-refractivity contribution in [2.45, 2.75) is 53.0 Å². The molecule has 174 valence electrons. The van der Waals surface area contributed by atoms with Crippen molar-refractivity contribution in [2.75, 3.05) is 6.26 Å². The Morgan fingerprint density at radius 2 is 1.75 bits per heavy atom. The summed E-state index contributed by atoms with van der Waals surface area (Å²) in [5, 5.41) is 24.4. The van der Waals surface area contributed by atoms with Crippen molar-refractivity contribution in [3.05, 3.63) is 35.5 Å². The van der Waals surface area contributed by atoms with Crippen LogP contribution in [0.15, 0.2) is 24.3 Å². The number of carbonyl (C=O) groups excluding carboxylic acids is 1. The number of hydrogen-bond donors (Lipinski definition) is 4. The Hall–Kier alpha value is -2.81. The molecule has 0 bridgehead atoms. The molecule has 0 amide bonds. The Morgan fingerprint density at radius 3 is 2.25 bits per heavy atom. The standard InChI is InChI=1S/C23H33N5O3S/c1-5-14(20(24)21(29)18(6-2)23(27)32(4,30)31)10-11-17-12-15-8-9-16(22(25)26)13-19(15)28(17)7-3/h8-9,12-14,18,24,27H,5-7,10-11H2,1-4H3,(H3,25,26)/t14-,18+/m0/s1. The number of aromatic nitrogens is 1. The molecule has 1 heterocycles. The van der Waals surface area contributed by atoms with Crippen LogP contribution in [-0.4, -0.2) is 41.6 Å². The Kier molecular flexibility index (Phi) is 8.12. The number of rotatable bonds is 11. The van der Waals surface area contributed by atoms with Crippen LogP contribution in [0.5, 0.6) is 0 Å². The molecule has 0 aliphatic heterocycles.